The SMILES string of the molecule is CCCCN(Cc1ccc2c(Br)c(OCc3nnn[nH]3)ccc2c1)C(=O)Oc1c(C)oc2ccccc12. The van der Waals surface area contributed by atoms with Crippen molar-refractivity contribution in [3.63, 3.8) is 0 Å². The third-order valence-electron chi connectivity index (χ3n) is 6.05. The van der Waals surface area contributed by atoms with Crippen LogP contribution < -0.4 is 9.47 Å². The van der Waals surface area contributed by atoms with Crippen LogP contribution >= 0.6 is 15.9 Å². The Hall–Kier alpha value is -3.92. The van der Waals surface area contributed by atoms with Crippen LogP contribution in [-0.4, -0.2) is 38.2 Å². The molecule has 2 aromatic heterocycles. The molecule has 37 heavy (non-hydrogen) atoms. The number of H-pyrrole nitrogens is 1. The molecule has 1 amide bonds. The summed E-state index contributed by atoms with van der Waals surface area (Å²) in [6.07, 6.45) is 1.45. The van der Waals surface area contributed by atoms with E-state index in [0.717, 1.165) is 39.0 Å². The van der Waals surface area contributed by atoms with Gasteiger partial charge in [0.25, 0.3) is 0 Å². The minimum atomic E-state index is -0.393. The number of para-hydroxylation sites is 1. The first-order valence-corrected chi connectivity index (χ1v) is 12.8. The van der Waals surface area contributed by atoms with Gasteiger partial charge in [-0.15, -0.1) is 5.10 Å². The van der Waals surface area contributed by atoms with E-state index in [4.69, 9.17) is 13.9 Å². The number of tetrazole rings is 1. The normalized spacial score (nSPS) is 11.2. The van der Waals surface area contributed by atoms with Gasteiger partial charge in [0.2, 0.25) is 0 Å². The lowest BCUT2D eigenvalue weighted by Crippen LogP contribution is -2.34. The molecule has 9 nitrogen and oxygen atoms in total. The van der Waals surface area contributed by atoms with Gasteiger partial charge in [0.15, 0.2) is 11.6 Å². The Morgan fingerprint density at radius 1 is 1.14 bits per heavy atom. The molecule has 0 aliphatic carbocycles. The zero-order chi connectivity index (χ0) is 25.8. The second kappa shape index (κ2) is 11.0. The molecule has 0 aliphatic rings. The van der Waals surface area contributed by atoms with Crippen LogP contribution in [0, 0.1) is 6.92 Å². The van der Waals surface area contributed by atoms with Crippen molar-refractivity contribution in [1.29, 1.82) is 0 Å². The Kier molecular flexibility index (Phi) is 7.36. The largest absolute Gasteiger partial charge is 0.484 e. The molecule has 0 spiro atoms. The molecular formula is C27H26BrN5O4. The fourth-order valence-electron chi connectivity index (χ4n) is 4.14. The number of unbranched alkanes of at least 4 members (excludes halogenated alkanes) is 1. The summed E-state index contributed by atoms with van der Waals surface area (Å²) in [7, 11) is 0. The van der Waals surface area contributed by atoms with Crippen LogP contribution in [0.1, 0.15) is 36.9 Å². The number of aromatic nitrogens is 4. The molecule has 0 saturated carbocycles. The number of amides is 1. The van der Waals surface area contributed by atoms with Gasteiger partial charge in [0.1, 0.15) is 23.7 Å². The smallest absolute Gasteiger partial charge is 0.415 e. The van der Waals surface area contributed by atoms with E-state index in [1.165, 1.54) is 0 Å². The standard InChI is InChI=1S/C27H26BrN5O4/c1-3-4-13-33(27(34)37-26-17(2)36-22-8-6-5-7-21(22)26)15-18-9-11-20-19(14-18)10-12-23(25(20)28)35-16-24-29-31-32-30-24/h5-12,14H,3-4,13,15-16H2,1-2H3,(H,29,30,31,32). The van der Waals surface area contributed by atoms with Crippen molar-refractivity contribution >= 4 is 43.8 Å². The number of hydrogen-bond acceptors (Lipinski definition) is 7. The Morgan fingerprint density at radius 2 is 2.00 bits per heavy atom. The molecule has 0 fully saturated rings. The number of benzene rings is 3. The third-order valence-corrected chi connectivity index (χ3v) is 6.87. The fraction of sp³-hybridized carbons (Fsp3) is 0.259. The van der Waals surface area contributed by atoms with E-state index >= 15 is 0 Å². The predicted octanol–water partition coefficient (Wildman–Crippen LogP) is 6.55. The highest BCUT2D eigenvalue weighted by atomic mass is 79.9. The summed E-state index contributed by atoms with van der Waals surface area (Å²) < 4.78 is 18.3. The molecule has 3 aromatic carbocycles. The van der Waals surface area contributed by atoms with Gasteiger partial charge < -0.3 is 18.8 Å². The highest BCUT2D eigenvalue weighted by molar-refractivity contribution is 9.10. The van der Waals surface area contributed by atoms with Gasteiger partial charge in [-0.05, 0) is 80.3 Å². The lowest BCUT2D eigenvalue weighted by molar-refractivity contribution is 0.148. The summed E-state index contributed by atoms with van der Waals surface area (Å²) in [4.78, 5) is 15.0. The van der Waals surface area contributed by atoms with Crippen LogP contribution in [0.2, 0.25) is 0 Å². The number of ether oxygens (including phenoxy) is 2. The van der Waals surface area contributed by atoms with E-state index < -0.39 is 6.09 Å². The zero-order valence-electron chi connectivity index (χ0n) is 20.5. The number of aromatic amines is 1. The topological polar surface area (TPSA) is 106 Å². The van der Waals surface area contributed by atoms with Crippen molar-refractivity contribution in [3.05, 3.63) is 76.2 Å². The van der Waals surface area contributed by atoms with E-state index in [1.54, 1.807) is 11.8 Å². The first kappa shape index (κ1) is 24.8. The zero-order valence-corrected chi connectivity index (χ0v) is 22.1. The van der Waals surface area contributed by atoms with E-state index in [2.05, 4.69) is 49.5 Å². The average molecular weight is 564 g/mol. The highest BCUT2D eigenvalue weighted by Gasteiger charge is 2.21. The second-order valence-corrected chi connectivity index (χ2v) is 9.49. The summed E-state index contributed by atoms with van der Waals surface area (Å²) >= 11 is 3.66. The highest BCUT2D eigenvalue weighted by Crippen LogP contribution is 2.35. The molecule has 5 aromatic rings. The van der Waals surface area contributed by atoms with Crippen LogP contribution in [0.15, 0.2) is 63.5 Å². The van der Waals surface area contributed by atoms with Gasteiger partial charge in [-0.2, -0.15) is 0 Å². The predicted molar refractivity (Wildman–Crippen MR) is 142 cm³/mol. The van der Waals surface area contributed by atoms with Crippen molar-refractivity contribution < 1.29 is 18.7 Å². The summed E-state index contributed by atoms with van der Waals surface area (Å²) in [6, 6.07) is 17.6. The van der Waals surface area contributed by atoms with Crippen LogP contribution in [0.4, 0.5) is 4.79 Å². The molecule has 2 heterocycles. The second-order valence-electron chi connectivity index (χ2n) is 8.70. The number of halogens is 1. The number of fused-ring (bicyclic) bond motifs is 2. The number of rotatable bonds is 9. The lowest BCUT2D eigenvalue weighted by atomic mass is 10.1. The Bertz CT molecular complexity index is 1530. The molecule has 10 heteroatoms. The molecule has 190 valence electrons. The van der Waals surface area contributed by atoms with Gasteiger partial charge in [-0.1, -0.05) is 43.7 Å². The van der Waals surface area contributed by atoms with Crippen LogP contribution in [0.25, 0.3) is 21.7 Å². The Labute approximate surface area is 221 Å². The number of carbonyl (C=O) groups excluding carboxylic acids is 1. The molecular weight excluding hydrogens is 538 g/mol. The molecule has 0 radical (unpaired) electrons. The number of nitrogens with one attached hydrogen (secondary N) is 1. The van der Waals surface area contributed by atoms with Gasteiger partial charge >= 0.3 is 6.09 Å². The third kappa shape index (κ3) is 5.43. The maximum Gasteiger partial charge on any atom is 0.415 e. The molecule has 5 rings (SSSR count). The van der Waals surface area contributed by atoms with Crippen molar-refractivity contribution in [3.8, 4) is 11.5 Å². The molecule has 0 bridgehead atoms. The molecule has 1 N–H and O–H groups in total. The van der Waals surface area contributed by atoms with Crippen LogP contribution in [0.3, 0.4) is 0 Å². The average Bonchev–Trinajstić information content (AvgIpc) is 3.54. The monoisotopic (exact) mass is 563 g/mol. The fourth-order valence-corrected chi connectivity index (χ4v) is 4.75. The molecule has 0 saturated heterocycles. The van der Waals surface area contributed by atoms with Gasteiger partial charge in [0.05, 0.1) is 9.86 Å². The quantitative estimate of drug-likeness (QED) is 0.216. The first-order chi connectivity index (χ1) is 18.0. The summed E-state index contributed by atoms with van der Waals surface area (Å²) in [5.74, 6) is 2.28. The van der Waals surface area contributed by atoms with Crippen molar-refractivity contribution in [1.82, 2.24) is 25.5 Å². The maximum atomic E-state index is 13.3. The van der Waals surface area contributed by atoms with Crippen molar-refractivity contribution in [2.75, 3.05) is 6.54 Å². The Balaban J connectivity index is 1.34. The number of furan rings is 1. The van der Waals surface area contributed by atoms with Gasteiger partial charge in [-0.25, -0.2) is 9.89 Å². The van der Waals surface area contributed by atoms with Gasteiger partial charge in [-0.3, -0.25) is 0 Å². The molecule has 0 unspecified atom stereocenters. The number of carbonyl (C=O) groups is 1. The minimum absolute atomic E-state index is 0.231. The van der Waals surface area contributed by atoms with E-state index in [1.807, 2.05) is 48.5 Å². The van der Waals surface area contributed by atoms with Crippen LogP contribution in [-0.2, 0) is 13.2 Å². The number of aryl methyl sites for hydroxylation is 1. The van der Waals surface area contributed by atoms with Crippen LogP contribution in [0.5, 0.6) is 11.5 Å². The van der Waals surface area contributed by atoms with E-state index in [-0.39, 0.29) is 6.61 Å². The summed E-state index contributed by atoms with van der Waals surface area (Å²) in [6.45, 7) is 5.16. The lowest BCUT2D eigenvalue weighted by Gasteiger charge is -2.22. The summed E-state index contributed by atoms with van der Waals surface area (Å²) in [5.41, 5.74) is 1.70. The number of nitrogens with zero attached hydrogens (tertiary/aromatic N) is 4. The minimum Gasteiger partial charge on any atom is -0.484 e. The Morgan fingerprint density at radius 3 is 2.81 bits per heavy atom. The number of hydrogen-bond donors (Lipinski definition) is 1. The van der Waals surface area contributed by atoms with Crippen molar-refractivity contribution in [2.24, 2.45) is 0 Å². The van der Waals surface area contributed by atoms with Gasteiger partial charge in [0, 0.05) is 13.1 Å². The van der Waals surface area contributed by atoms with E-state index in [0.29, 0.717) is 41.8 Å². The first-order valence-electron chi connectivity index (χ1n) is 12.0. The maximum absolute atomic E-state index is 13.3. The van der Waals surface area contributed by atoms with Crippen molar-refractivity contribution in [2.45, 2.75) is 39.8 Å². The molecule has 0 atom stereocenters. The van der Waals surface area contributed by atoms with E-state index in [9.17, 15) is 4.79 Å². The summed E-state index contributed by atoms with van der Waals surface area (Å²) in [5, 5.41) is 16.4. The molecule has 0 aliphatic heterocycles.